The lowest BCUT2D eigenvalue weighted by atomic mass is 9.47. The molecule has 3 nitrogen and oxygen atoms in total. The van der Waals surface area contributed by atoms with Crippen LogP contribution in [-0.2, 0) is 4.79 Å². The highest BCUT2D eigenvalue weighted by Crippen LogP contribution is 2.62. The second-order valence-corrected chi connectivity index (χ2v) is 11.4. The monoisotopic (exact) mass is 422 g/mol. The number of Topliss-reactive ketones (excluding diaryl/α,β-unsaturated/α-hetero) is 1. The fraction of sp³-hybridized carbons (Fsp3) is 0.538. The molecule has 4 aliphatic carbocycles. The van der Waals surface area contributed by atoms with Gasteiger partial charge in [0.1, 0.15) is 10.7 Å². The largest absolute Gasteiger partial charge is 0.477 e. The zero-order valence-electron chi connectivity index (χ0n) is 17.8. The maximum Gasteiger partial charge on any atom is 0.346 e. The Morgan fingerprint density at radius 2 is 1.57 bits per heavy atom. The molecule has 1 heterocycles. The fourth-order valence-corrected chi connectivity index (χ4v) is 8.14. The molecule has 1 aromatic heterocycles. The number of ketones is 1. The van der Waals surface area contributed by atoms with E-state index in [9.17, 15) is 14.7 Å². The molecule has 0 spiro atoms. The Bertz CT molecular complexity index is 936. The quantitative estimate of drug-likeness (QED) is 0.568. The normalized spacial score (nSPS) is 30.6. The van der Waals surface area contributed by atoms with Gasteiger partial charge >= 0.3 is 5.97 Å². The summed E-state index contributed by atoms with van der Waals surface area (Å²) >= 11 is 1.31. The first-order valence-corrected chi connectivity index (χ1v) is 12.1. The van der Waals surface area contributed by atoms with E-state index < -0.39 is 5.97 Å². The average molecular weight is 423 g/mol. The average Bonchev–Trinajstić information content (AvgIpc) is 3.13. The number of carbonyl (C=O) groups excluding carboxylic acids is 1. The van der Waals surface area contributed by atoms with Crippen molar-refractivity contribution in [3.63, 3.8) is 0 Å². The topological polar surface area (TPSA) is 54.4 Å². The molecule has 158 valence electrons. The Kier molecular flexibility index (Phi) is 4.89. The van der Waals surface area contributed by atoms with Crippen LogP contribution in [0.3, 0.4) is 0 Å². The van der Waals surface area contributed by atoms with Gasteiger partial charge in [0, 0.05) is 16.2 Å². The SMILES string of the molecule is CC(C)C(C(=O)C12CC3CC(CC(C3)C1)C2)c1cc(-c2ccccc2)sc1C(=O)O. The van der Waals surface area contributed by atoms with Crippen LogP contribution in [0.4, 0.5) is 0 Å². The molecule has 1 atom stereocenters. The molecule has 4 heteroatoms. The zero-order valence-corrected chi connectivity index (χ0v) is 18.6. The molecular weight excluding hydrogens is 392 g/mol. The van der Waals surface area contributed by atoms with Crippen molar-refractivity contribution in [2.24, 2.45) is 29.1 Å². The molecule has 6 rings (SSSR count). The van der Waals surface area contributed by atoms with Gasteiger partial charge in [-0.3, -0.25) is 4.79 Å². The molecule has 4 fully saturated rings. The smallest absolute Gasteiger partial charge is 0.346 e. The van der Waals surface area contributed by atoms with E-state index in [0.29, 0.717) is 28.4 Å². The second kappa shape index (κ2) is 7.33. The highest BCUT2D eigenvalue weighted by molar-refractivity contribution is 7.17. The van der Waals surface area contributed by atoms with Crippen LogP contribution in [0.5, 0.6) is 0 Å². The Balaban J connectivity index is 1.56. The van der Waals surface area contributed by atoms with Gasteiger partial charge in [-0.2, -0.15) is 0 Å². The van der Waals surface area contributed by atoms with Gasteiger partial charge < -0.3 is 5.11 Å². The first-order valence-electron chi connectivity index (χ1n) is 11.3. The minimum Gasteiger partial charge on any atom is -0.477 e. The summed E-state index contributed by atoms with van der Waals surface area (Å²) in [6.07, 6.45) is 6.99. The van der Waals surface area contributed by atoms with Gasteiger partial charge in [0.15, 0.2) is 0 Å². The number of carboxylic acids is 1. The fourth-order valence-electron chi connectivity index (χ4n) is 7.09. The summed E-state index contributed by atoms with van der Waals surface area (Å²) in [7, 11) is 0. The Labute approximate surface area is 182 Å². The lowest BCUT2D eigenvalue weighted by Crippen LogP contribution is -2.51. The number of hydrogen-bond acceptors (Lipinski definition) is 3. The van der Waals surface area contributed by atoms with Crippen molar-refractivity contribution in [3.8, 4) is 10.4 Å². The third-order valence-corrected chi connectivity index (χ3v) is 9.05. The molecule has 4 aliphatic rings. The van der Waals surface area contributed by atoms with E-state index in [-0.39, 0.29) is 17.3 Å². The molecule has 1 aromatic carbocycles. The van der Waals surface area contributed by atoms with E-state index >= 15 is 0 Å². The van der Waals surface area contributed by atoms with Gasteiger partial charge in [-0.25, -0.2) is 4.79 Å². The molecule has 4 saturated carbocycles. The third-order valence-electron chi connectivity index (χ3n) is 7.86. The van der Waals surface area contributed by atoms with Crippen molar-refractivity contribution in [2.75, 3.05) is 0 Å². The molecule has 0 amide bonds. The summed E-state index contributed by atoms with van der Waals surface area (Å²) in [5, 5.41) is 9.97. The number of benzene rings is 1. The van der Waals surface area contributed by atoms with Gasteiger partial charge in [0.05, 0.1) is 0 Å². The van der Waals surface area contributed by atoms with E-state index in [1.807, 2.05) is 36.4 Å². The molecule has 0 saturated heterocycles. The number of carboxylic acid groups (broad SMARTS) is 1. The van der Waals surface area contributed by atoms with Crippen molar-refractivity contribution >= 4 is 23.1 Å². The predicted molar refractivity (Wildman–Crippen MR) is 120 cm³/mol. The third kappa shape index (κ3) is 3.24. The van der Waals surface area contributed by atoms with E-state index in [1.165, 1.54) is 30.6 Å². The molecule has 1 unspecified atom stereocenters. The van der Waals surface area contributed by atoms with Crippen LogP contribution >= 0.6 is 11.3 Å². The number of carbonyl (C=O) groups is 2. The lowest BCUT2D eigenvalue weighted by molar-refractivity contribution is -0.146. The van der Waals surface area contributed by atoms with E-state index in [0.717, 1.165) is 35.3 Å². The van der Waals surface area contributed by atoms with Crippen molar-refractivity contribution < 1.29 is 14.7 Å². The lowest BCUT2D eigenvalue weighted by Gasteiger charge is -2.56. The minimum atomic E-state index is -0.916. The summed E-state index contributed by atoms with van der Waals surface area (Å²) in [4.78, 5) is 27.6. The van der Waals surface area contributed by atoms with Crippen LogP contribution in [-0.4, -0.2) is 16.9 Å². The highest BCUT2D eigenvalue weighted by Gasteiger charge is 2.56. The van der Waals surface area contributed by atoms with Crippen molar-refractivity contribution in [1.29, 1.82) is 0 Å². The van der Waals surface area contributed by atoms with Crippen LogP contribution in [0, 0.1) is 29.1 Å². The van der Waals surface area contributed by atoms with Gasteiger partial charge in [-0.15, -0.1) is 11.3 Å². The summed E-state index contributed by atoms with van der Waals surface area (Å²) in [6.45, 7) is 4.16. The van der Waals surface area contributed by atoms with Crippen molar-refractivity contribution in [1.82, 2.24) is 0 Å². The van der Waals surface area contributed by atoms with Crippen molar-refractivity contribution in [3.05, 3.63) is 46.8 Å². The number of thiophene rings is 1. The molecule has 0 radical (unpaired) electrons. The first-order chi connectivity index (χ1) is 14.4. The minimum absolute atomic E-state index is 0.0850. The van der Waals surface area contributed by atoms with Gasteiger partial charge in [0.25, 0.3) is 0 Å². The summed E-state index contributed by atoms with van der Waals surface area (Å²) in [5.74, 6) is 1.28. The van der Waals surface area contributed by atoms with E-state index in [1.54, 1.807) is 0 Å². The van der Waals surface area contributed by atoms with Crippen LogP contribution < -0.4 is 0 Å². The Morgan fingerprint density at radius 1 is 1.00 bits per heavy atom. The number of hydrogen-bond donors (Lipinski definition) is 1. The highest BCUT2D eigenvalue weighted by atomic mass is 32.1. The van der Waals surface area contributed by atoms with Crippen molar-refractivity contribution in [2.45, 2.75) is 58.3 Å². The molecular formula is C26H30O3S. The molecule has 1 N–H and O–H groups in total. The number of rotatable bonds is 6. The summed E-state index contributed by atoms with van der Waals surface area (Å²) < 4.78 is 0. The van der Waals surface area contributed by atoms with Crippen LogP contribution in [0.2, 0.25) is 0 Å². The van der Waals surface area contributed by atoms with E-state index in [4.69, 9.17) is 0 Å². The molecule has 0 aliphatic heterocycles. The molecule has 4 bridgehead atoms. The van der Waals surface area contributed by atoms with Gasteiger partial charge in [0.2, 0.25) is 0 Å². The summed E-state index contributed by atoms with van der Waals surface area (Å²) in [6, 6.07) is 11.9. The maximum atomic E-state index is 14.2. The van der Waals surface area contributed by atoms with Gasteiger partial charge in [-0.05, 0) is 79.4 Å². The van der Waals surface area contributed by atoms with Crippen LogP contribution in [0.15, 0.2) is 36.4 Å². The standard InChI is InChI=1S/C26H30O3S/c1-15(2)22(24(27)26-12-16-8-17(13-26)10-18(9-16)14-26)20-11-21(30-23(20)25(28)29)19-6-4-3-5-7-19/h3-7,11,15-18,22H,8-10,12-14H2,1-2H3,(H,28,29). The predicted octanol–water partition coefficient (Wildman–Crippen LogP) is 6.64. The summed E-state index contributed by atoms with van der Waals surface area (Å²) in [5.41, 5.74) is 1.54. The van der Waals surface area contributed by atoms with Crippen LogP contribution in [0.1, 0.15) is 73.5 Å². The van der Waals surface area contributed by atoms with Crippen LogP contribution in [0.25, 0.3) is 10.4 Å². The maximum absolute atomic E-state index is 14.2. The Morgan fingerprint density at radius 3 is 2.07 bits per heavy atom. The Hall–Kier alpha value is -1.94. The first kappa shape index (κ1) is 20.0. The zero-order chi connectivity index (χ0) is 21.0. The molecule has 30 heavy (non-hydrogen) atoms. The van der Waals surface area contributed by atoms with Gasteiger partial charge in [-0.1, -0.05) is 44.2 Å². The number of aromatic carboxylic acids is 1. The molecule has 2 aromatic rings. The van der Waals surface area contributed by atoms with E-state index in [2.05, 4.69) is 13.8 Å². The second-order valence-electron chi connectivity index (χ2n) is 10.4.